The molecule has 0 amide bonds. The standard InChI is InChI=1S/C5H11NS2.Ni/c1-3-6-5(7)8-4-2;/h3-4H2,1-2H3,(H,6,7);. The number of hydrogen-bond acceptors (Lipinski definition) is 2. The average molecular weight is 208 g/mol. The molecule has 0 fully saturated rings. The van der Waals surface area contributed by atoms with Gasteiger partial charge in [-0.3, -0.25) is 0 Å². The van der Waals surface area contributed by atoms with Gasteiger partial charge in [0, 0.05) is 23.0 Å². The van der Waals surface area contributed by atoms with Gasteiger partial charge in [0.05, 0.1) is 0 Å². The summed E-state index contributed by atoms with van der Waals surface area (Å²) in [6.07, 6.45) is 0. The van der Waals surface area contributed by atoms with E-state index < -0.39 is 0 Å². The van der Waals surface area contributed by atoms with Crippen LogP contribution in [-0.4, -0.2) is 16.6 Å². The van der Waals surface area contributed by atoms with Crippen LogP contribution in [0.4, 0.5) is 0 Å². The summed E-state index contributed by atoms with van der Waals surface area (Å²) < 4.78 is 0.912. The molecule has 1 N–H and O–H groups in total. The van der Waals surface area contributed by atoms with Gasteiger partial charge in [-0.2, -0.15) is 0 Å². The summed E-state index contributed by atoms with van der Waals surface area (Å²) in [4.78, 5) is 0. The van der Waals surface area contributed by atoms with Crippen LogP contribution >= 0.6 is 24.0 Å². The van der Waals surface area contributed by atoms with Crippen molar-refractivity contribution in [3.8, 4) is 0 Å². The van der Waals surface area contributed by atoms with E-state index in [0.717, 1.165) is 16.6 Å². The van der Waals surface area contributed by atoms with Crippen molar-refractivity contribution in [1.82, 2.24) is 5.32 Å². The maximum atomic E-state index is 4.90. The fourth-order valence-corrected chi connectivity index (χ4v) is 1.33. The molecule has 0 saturated carbocycles. The molecule has 0 unspecified atom stereocenters. The number of rotatable bonds is 2. The fourth-order valence-electron chi connectivity index (χ4n) is 0.326. The zero-order chi connectivity index (χ0) is 6.41. The van der Waals surface area contributed by atoms with Gasteiger partial charge in [-0.05, 0) is 12.7 Å². The quantitative estimate of drug-likeness (QED) is 0.547. The van der Waals surface area contributed by atoms with Crippen LogP contribution in [0.25, 0.3) is 0 Å². The van der Waals surface area contributed by atoms with Crippen molar-refractivity contribution >= 4 is 28.3 Å². The molecule has 58 valence electrons. The van der Waals surface area contributed by atoms with Gasteiger partial charge >= 0.3 is 0 Å². The molecule has 0 spiro atoms. The topological polar surface area (TPSA) is 12.0 Å². The molecule has 0 aromatic rings. The predicted octanol–water partition coefficient (Wildman–Crippen LogP) is 1.63. The molecule has 0 aliphatic heterocycles. The minimum Gasteiger partial charge on any atom is -0.371 e. The van der Waals surface area contributed by atoms with Gasteiger partial charge in [-0.1, -0.05) is 30.9 Å². The second-order valence-electron chi connectivity index (χ2n) is 1.25. The molecule has 0 aliphatic carbocycles. The van der Waals surface area contributed by atoms with E-state index in [4.69, 9.17) is 12.2 Å². The van der Waals surface area contributed by atoms with Crippen molar-refractivity contribution in [2.75, 3.05) is 12.3 Å². The molecule has 0 bridgehead atoms. The Morgan fingerprint density at radius 2 is 2.11 bits per heavy atom. The SMILES string of the molecule is CCNC(=S)SCC.[Ni]. The number of nitrogens with one attached hydrogen (secondary N) is 1. The molecule has 0 saturated heterocycles. The van der Waals surface area contributed by atoms with Crippen molar-refractivity contribution in [3.63, 3.8) is 0 Å². The third kappa shape index (κ3) is 8.73. The van der Waals surface area contributed by atoms with Crippen LogP contribution in [0.1, 0.15) is 13.8 Å². The van der Waals surface area contributed by atoms with E-state index in [1.807, 2.05) is 6.92 Å². The zero-order valence-corrected chi connectivity index (χ0v) is 8.17. The second-order valence-corrected chi connectivity index (χ2v) is 3.19. The van der Waals surface area contributed by atoms with Crippen molar-refractivity contribution in [1.29, 1.82) is 0 Å². The monoisotopic (exact) mass is 207 g/mol. The summed E-state index contributed by atoms with van der Waals surface area (Å²) in [5, 5.41) is 3.04. The molecular formula is C5H11NNiS2. The van der Waals surface area contributed by atoms with Crippen molar-refractivity contribution in [3.05, 3.63) is 0 Å². The van der Waals surface area contributed by atoms with E-state index in [0.29, 0.717) is 0 Å². The third-order valence-corrected chi connectivity index (χ3v) is 1.79. The summed E-state index contributed by atoms with van der Waals surface area (Å²) in [6.45, 7) is 5.07. The van der Waals surface area contributed by atoms with E-state index in [-0.39, 0.29) is 16.5 Å². The number of thiocarbonyl (C=S) groups is 1. The summed E-state index contributed by atoms with van der Waals surface area (Å²) in [6, 6.07) is 0. The van der Waals surface area contributed by atoms with Gasteiger partial charge in [-0.15, -0.1) is 0 Å². The minimum atomic E-state index is 0. The molecule has 9 heavy (non-hydrogen) atoms. The summed E-state index contributed by atoms with van der Waals surface area (Å²) >= 11 is 6.58. The third-order valence-electron chi connectivity index (χ3n) is 0.597. The first-order valence-corrected chi connectivity index (χ1v) is 4.11. The predicted molar refractivity (Wildman–Crippen MR) is 44.4 cm³/mol. The van der Waals surface area contributed by atoms with Crippen LogP contribution in [0, 0.1) is 0 Å². The Balaban J connectivity index is 0. The molecular weight excluding hydrogens is 197 g/mol. The Hall–Kier alpha value is 0.734. The maximum Gasteiger partial charge on any atom is 0.133 e. The van der Waals surface area contributed by atoms with Crippen LogP contribution < -0.4 is 5.32 Å². The Labute approximate surface area is 76.3 Å². The Kier molecular flexibility index (Phi) is 12.0. The van der Waals surface area contributed by atoms with Crippen LogP contribution in [0.15, 0.2) is 0 Å². The van der Waals surface area contributed by atoms with Gasteiger partial charge in [0.2, 0.25) is 0 Å². The van der Waals surface area contributed by atoms with Crippen molar-refractivity contribution in [2.24, 2.45) is 0 Å². The van der Waals surface area contributed by atoms with Crippen molar-refractivity contribution in [2.45, 2.75) is 13.8 Å². The molecule has 4 heteroatoms. The average Bonchev–Trinajstić information content (AvgIpc) is 1.68. The van der Waals surface area contributed by atoms with Crippen LogP contribution in [0.5, 0.6) is 0 Å². The van der Waals surface area contributed by atoms with Gasteiger partial charge in [0.1, 0.15) is 4.32 Å². The van der Waals surface area contributed by atoms with Crippen LogP contribution in [-0.2, 0) is 16.5 Å². The molecule has 0 heterocycles. The van der Waals surface area contributed by atoms with E-state index >= 15 is 0 Å². The molecule has 0 aromatic heterocycles. The van der Waals surface area contributed by atoms with Gasteiger partial charge < -0.3 is 5.32 Å². The van der Waals surface area contributed by atoms with Gasteiger partial charge in [0.25, 0.3) is 0 Å². The normalized spacial score (nSPS) is 7.78. The molecule has 0 atom stereocenters. The summed E-state index contributed by atoms with van der Waals surface area (Å²) in [5.41, 5.74) is 0. The molecule has 0 aliphatic rings. The Bertz CT molecular complexity index is 69.4. The minimum absolute atomic E-state index is 0. The van der Waals surface area contributed by atoms with E-state index in [1.54, 1.807) is 11.8 Å². The first-order chi connectivity index (χ1) is 3.81. The Morgan fingerprint density at radius 3 is 2.44 bits per heavy atom. The summed E-state index contributed by atoms with van der Waals surface area (Å²) in [7, 11) is 0. The van der Waals surface area contributed by atoms with E-state index in [2.05, 4.69) is 12.2 Å². The fraction of sp³-hybridized carbons (Fsp3) is 0.800. The molecule has 0 rings (SSSR count). The molecule has 0 radical (unpaired) electrons. The Morgan fingerprint density at radius 1 is 1.56 bits per heavy atom. The molecule has 1 nitrogen and oxygen atoms in total. The number of thioether (sulfide) groups is 1. The van der Waals surface area contributed by atoms with E-state index in [9.17, 15) is 0 Å². The summed E-state index contributed by atoms with van der Waals surface area (Å²) in [5.74, 6) is 1.06. The smallest absolute Gasteiger partial charge is 0.133 e. The largest absolute Gasteiger partial charge is 0.371 e. The van der Waals surface area contributed by atoms with Gasteiger partial charge in [-0.25, -0.2) is 0 Å². The van der Waals surface area contributed by atoms with E-state index in [1.165, 1.54) is 0 Å². The van der Waals surface area contributed by atoms with Crippen molar-refractivity contribution < 1.29 is 16.5 Å². The van der Waals surface area contributed by atoms with Gasteiger partial charge in [0.15, 0.2) is 0 Å². The van der Waals surface area contributed by atoms with Crippen LogP contribution in [0.3, 0.4) is 0 Å². The molecule has 0 aromatic carbocycles. The first-order valence-electron chi connectivity index (χ1n) is 2.71. The van der Waals surface area contributed by atoms with Crippen LogP contribution in [0.2, 0.25) is 0 Å². The maximum absolute atomic E-state index is 4.90. The zero-order valence-electron chi connectivity index (χ0n) is 5.55. The second kappa shape index (κ2) is 8.73. The number of hydrogen-bond donors (Lipinski definition) is 1. The first kappa shape index (κ1) is 12.4.